The van der Waals surface area contributed by atoms with Crippen LogP contribution in [0.3, 0.4) is 0 Å². The maximum atomic E-state index is 11.9. The molecule has 0 radical (unpaired) electrons. The van der Waals surface area contributed by atoms with Crippen LogP contribution in [0.5, 0.6) is 0 Å². The Labute approximate surface area is 97.6 Å². The van der Waals surface area contributed by atoms with Crippen LogP contribution < -0.4 is 5.32 Å². The zero-order valence-corrected chi connectivity index (χ0v) is 10.4. The molecule has 0 aliphatic carbocycles. The lowest BCUT2D eigenvalue weighted by Crippen LogP contribution is -2.52. The van der Waals surface area contributed by atoms with E-state index in [1.54, 1.807) is 6.92 Å². The number of urea groups is 1. The normalized spacial score (nSPS) is 24.4. The van der Waals surface area contributed by atoms with Crippen LogP contribution in [-0.4, -0.2) is 29.6 Å². The third-order valence-corrected chi connectivity index (χ3v) is 3.28. The third kappa shape index (κ3) is 3.13. The van der Waals surface area contributed by atoms with E-state index in [0.29, 0.717) is 12.3 Å². The molecule has 2 atom stereocenters. The Morgan fingerprint density at radius 1 is 1.69 bits per heavy atom. The first-order chi connectivity index (χ1) is 7.50. The second-order valence-electron chi connectivity index (χ2n) is 4.92. The summed E-state index contributed by atoms with van der Waals surface area (Å²) in [5, 5.41) is 11.8. The summed E-state index contributed by atoms with van der Waals surface area (Å²) >= 11 is 0. The van der Waals surface area contributed by atoms with Gasteiger partial charge in [-0.25, -0.2) is 4.79 Å². The Balaban J connectivity index is 2.55. The molecule has 4 heteroatoms. The number of rotatable bonds is 2. The minimum atomic E-state index is -0.738. The first kappa shape index (κ1) is 12.8. The molecule has 1 fully saturated rings. The van der Waals surface area contributed by atoms with Crippen molar-refractivity contribution in [3.8, 4) is 6.07 Å². The molecule has 0 aromatic carbocycles. The standard InChI is InChI=1S/C12H21N3O/c1-4-12(3,9-13)14-11(16)15-7-5-6-10(2)8-15/h10H,4-8H2,1-3H3,(H,14,16). The summed E-state index contributed by atoms with van der Waals surface area (Å²) in [6, 6.07) is 2.05. The molecule has 0 bridgehead atoms. The molecule has 0 aromatic heterocycles. The molecular formula is C12H21N3O. The van der Waals surface area contributed by atoms with E-state index in [9.17, 15) is 4.79 Å². The first-order valence-corrected chi connectivity index (χ1v) is 5.99. The second-order valence-corrected chi connectivity index (χ2v) is 4.92. The summed E-state index contributed by atoms with van der Waals surface area (Å²) in [5.74, 6) is 0.564. The molecule has 4 nitrogen and oxygen atoms in total. The summed E-state index contributed by atoms with van der Waals surface area (Å²) in [6.45, 7) is 7.43. The van der Waals surface area contributed by atoms with Gasteiger partial charge in [0.25, 0.3) is 0 Å². The van der Waals surface area contributed by atoms with Gasteiger partial charge in [0, 0.05) is 13.1 Å². The molecule has 1 saturated heterocycles. The van der Waals surface area contributed by atoms with Gasteiger partial charge in [0.2, 0.25) is 0 Å². The average molecular weight is 223 g/mol. The van der Waals surface area contributed by atoms with E-state index >= 15 is 0 Å². The largest absolute Gasteiger partial charge is 0.325 e. The van der Waals surface area contributed by atoms with Gasteiger partial charge >= 0.3 is 6.03 Å². The Hall–Kier alpha value is -1.24. The molecule has 1 heterocycles. The molecule has 1 aliphatic rings. The topological polar surface area (TPSA) is 56.1 Å². The number of likely N-dealkylation sites (tertiary alicyclic amines) is 1. The third-order valence-electron chi connectivity index (χ3n) is 3.28. The summed E-state index contributed by atoms with van der Waals surface area (Å²) < 4.78 is 0. The van der Waals surface area contributed by atoms with Crippen molar-refractivity contribution in [3.05, 3.63) is 0 Å². The fourth-order valence-corrected chi connectivity index (χ4v) is 1.88. The van der Waals surface area contributed by atoms with Crippen LogP contribution >= 0.6 is 0 Å². The average Bonchev–Trinajstić information content (AvgIpc) is 2.29. The van der Waals surface area contributed by atoms with Gasteiger partial charge in [0.05, 0.1) is 6.07 Å². The number of carbonyl (C=O) groups is 1. The van der Waals surface area contributed by atoms with Crippen molar-refractivity contribution in [1.29, 1.82) is 5.26 Å². The van der Waals surface area contributed by atoms with Crippen LogP contribution in [0.2, 0.25) is 0 Å². The molecular weight excluding hydrogens is 202 g/mol. The highest BCUT2D eigenvalue weighted by Crippen LogP contribution is 2.16. The summed E-state index contributed by atoms with van der Waals surface area (Å²) in [5.41, 5.74) is -0.738. The van der Waals surface area contributed by atoms with Crippen molar-refractivity contribution in [1.82, 2.24) is 10.2 Å². The SMILES string of the molecule is CCC(C)(C#N)NC(=O)N1CCCC(C)C1. The van der Waals surface area contributed by atoms with Crippen molar-refractivity contribution in [2.45, 2.75) is 45.6 Å². The van der Waals surface area contributed by atoms with Crippen LogP contribution in [-0.2, 0) is 0 Å². The lowest BCUT2D eigenvalue weighted by Gasteiger charge is -2.33. The molecule has 0 spiro atoms. The molecule has 16 heavy (non-hydrogen) atoms. The van der Waals surface area contributed by atoms with Crippen LogP contribution in [0.1, 0.15) is 40.0 Å². The van der Waals surface area contributed by atoms with Gasteiger partial charge in [-0.1, -0.05) is 13.8 Å². The maximum absolute atomic E-state index is 11.9. The number of nitrogens with zero attached hydrogens (tertiary/aromatic N) is 2. The molecule has 2 unspecified atom stereocenters. The summed E-state index contributed by atoms with van der Waals surface area (Å²) in [7, 11) is 0. The molecule has 1 N–H and O–H groups in total. The van der Waals surface area contributed by atoms with Gasteiger partial charge in [-0.05, 0) is 32.1 Å². The van der Waals surface area contributed by atoms with Gasteiger partial charge in [-0.15, -0.1) is 0 Å². The van der Waals surface area contributed by atoms with E-state index < -0.39 is 5.54 Å². The van der Waals surface area contributed by atoms with Crippen LogP contribution in [0.25, 0.3) is 0 Å². The maximum Gasteiger partial charge on any atom is 0.318 e. The first-order valence-electron chi connectivity index (χ1n) is 5.99. The predicted octanol–water partition coefficient (Wildman–Crippen LogP) is 2.12. The van der Waals surface area contributed by atoms with Gasteiger partial charge in [-0.2, -0.15) is 5.26 Å². The van der Waals surface area contributed by atoms with E-state index in [1.807, 2.05) is 11.8 Å². The number of nitrogens with one attached hydrogen (secondary N) is 1. The molecule has 1 aliphatic heterocycles. The van der Waals surface area contributed by atoms with Crippen molar-refractivity contribution in [2.75, 3.05) is 13.1 Å². The van der Waals surface area contributed by atoms with Crippen LogP contribution in [0.4, 0.5) is 4.79 Å². The van der Waals surface area contributed by atoms with E-state index in [1.165, 1.54) is 6.42 Å². The Kier molecular flexibility index (Phi) is 4.17. The smallest absolute Gasteiger partial charge is 0.318 e. The van der Waals surface area contributed by atoms with Crippen LogP contribution in [0.15, 0.2) is 0 Å². The van der Waals surface area contributed by atoms with Crippen molar-refractivity contribution in [2.24, 2.45) is 5.92 Å². The highest BCUT2D eigenvalue weighted by molar-refractivity contribution is 5.75. The van der Waals surface area contributed by atoms with Crippen molar-refractivity contribution < 1.29 is 4.79 Å². The second kappa shape index (κ2) is 5.20. The van der Waals surface area contributed by atoms with Crippen molar-refractivity contribution >= 4 is 6.03 Å². The molecule has 2 amide bonds. The lowest BCUT2D eigenvalue weighted by atomic mass is 9.99. The highest BCUT2D eigenvalue weighted by atomic mass is 16.2. The number of amides is 2. The number of piperidine rings is 1. The van der Waals surface area contributed by atoms with Gasteiger partial charge in [0.1, 0.15) is 5.54 Å². The fraction of sp³-hybridized carbons (Fsp3) is 0.833. The van der Waals surface area contributed by atoms with Crippen molar-refractivity contribution in [3.63, 3.8) is 0 Å². The fourth-order valence-electron chi connectivity index (χ4n) is 1.88. The summed E-state index contributed by atoms with van der Waals surface area (Å²) in [4.78, 5) is 13.8. The minimum absolute atomic E-state index is 0.0996. The Morgan fingerprint density at radius 2 is 2.38 bits per heavy atom. The molecule has 90 valence electrons. The minimum Gasteiger partial charge on any atom is -0.325 e. The zero-order valence-electron chi connectivity index (χ0n) is 10.4. The highest BCUT2D eigenvalue weighted by Gasteiger charge is 2.28. The van der Waals surface area contributed by atoms with E-state index in [-0.39, 0.29) is 6.03 Å². The van der Waals surface area contributed by atoms with Gasteiger partial charge < -0.3 is 10.2 Å². The number of hydrogen-bond donors (Lipinski definition) is 1. The zero-order chi connectivity index (χ0) is 12.2. The van der Waals surface area contributed by atoms with Gasteiger partial charge in [0.15, 0.2) is 0 Å². The lowest BCUT2D eigenvalue weighted by molar-refractivity contribution is 0.163. The number of carbonyl (C=O) groups excluding carboxylic acids is 1. The van der Waals surface area contributed by atoms with Gasteiger partial charge in [-0.3, -0.25) is 0 Å². The molecule has 1 rings (SSSR count). The monoisotopic (exact) mass is 223 g/mol. The quantitative estimate of drug-likeness (QED) is 0.779. The predicted molar refractivity (Wildman–Crippen MR) is 62.8 cm³/mol. The van der Waals surface area contributed by atoms with Crippen LogP contribution in [0, 0.1) is 17.2 Å². The van der Waals surface area contributed by atoms with E-state index in [0.717, 1.165) is 19.5 Å². The molecule has 0 saturated carbocycles. The van der Waals surface area contributed by atoms with E-state index in [2.05, 4.69) is 18.3 Å². The number of hydrogen-bond acceptors (Lipinski definition) is 2. The van der Waals surface area contributed by atoms with E-state index in [4.69, 9.17) is 5.26 Å². The Morgan fingerprint density at radius 3 is 2.88 bits per heavy atom. The molecule has 0 aromatic rings. The number of nitriles is 1. The summed E-state index contributed by atoms with van der Waals surface area (Å²) in [6.07, 6.45) is 2.87. The Bertz CT molecular complexity index is 297.